The predicted octanol–water partition coefficient (Wildman–Crippen LogP) is 2.08. The number of hydrogen-bond acceptors (Lipinski definition) is 6. The van der Waals surface area contributed by atoms with Gasteiger partial charge in [0.05, 0.1) is 31.5 Å². The SMILES string of the molecule is CC1CC(COC(=O)BC(=O)OCC2CCC3OC3C2)CCO1. The fraction of sp³-hybridized carbons (Fsp3) is 0.875. The van der Waals surface area contributed by atoms with E-state index in [0.717, 1.165) is 32.1 Å². The zero-order valence-electron chi connectivity index (χ0n) is 13.7. The maximum absolute atomic E-state index is 11.7. The molecule has 1 saturated carbocycles. The molecule has 0 spiro atoms. The van der Waals surface area contributed by atoms with Crippen molar-refractivity contribution in [1.82, 2.24) is 0 Å². The second-order valence-corrected chi connectivity index (χ2v) is 7.01. The first-order valence-electron chi connectivity index (χ1n) is 8.68. The number of epoxide rings is 1. The third-order valence-electron chi connectivity index (χ3n) is 4.96. The Morgan fingerprint density at radius 2 is 1.70 bits per heavy atom. The lowest BCUT2D eigenvalue weighted by Crippen LogP contribution is -2.30. The Morgan fingerprint density at radius 3 is 2.35 bits per heavy atom. The Morgan fingerprint density at radius 1 is 1.00 bits per heavy atom. The normalized spacial score (nSPS) is 35.8. The number of carbonyl (C=O) groups is 2. The molecule has 0 N–H and O–H groups in total. The molecule has 5 atom stereocenters. The van der Waals surface area contributed by atoms with Gasteiger partial charge in [0, 0.05) is 6.61 Å². The lowest BCUT2D eigenvalue weighted by molar-refractivity contribution is -0.0115. The summed E-state index contributed by atoms with van der Waals surface area (Å²) in [5.41, 5.74) is 0. The molecule has 2 heterocycles. The van der Waals surface area contributed by atoms with Crippen LogP contribution in [0.1, 0.15) is 39.0 Å². The van der Waals surface area contributed by atoms with Gasteiger partial charge in [0.2, 0.25) is 0 Å². The fourth-order valence-corrected chi connectivity index (χ4v) is 3.52. The van der Waals surface area contributed by atoms with Gasteiger partial charge in [0.15, 0.2) is 0 Å². The summed E-state index contributed by atoms with van der Waals surface area (Å²) in [6.45, 7) is 3.48. The highest BCUT2D eigenvalue weighted by Crippen LogP contribution is 2.39. The number of fused-ring (bicyclic) bond motifs is 1. The van der Waals surface area contributed by atoms with E-state index in [9.17, 15) is 9.59 Å². The molecule has 2 saturated heterocycles. The first-order valence-corrected chi connectivity index (χ1v) is 8.68. The highest BCUT2D eigenvalue weighted by atomic mass is 16.6. The maximum atomic E-state index is 11.7. The van der Waals surface area contributed by atoms with Crippen LogP contribution in [0.3, 0.4) is 0 Å². The molecule has 0 radical (unpaired) electrons. The molecule has 1 aliphatic carbocycles. The minimum absolute atomic E-state index is 0.211. The molecule has 0 aromatic carbocycles. The second-order valence-electron chi connectivity index (χ2n) is 7.01. The van der Waals surface area contributed by atoms with Crippen molar-refractivity contribution in [2.75, 3.05) is 19.8 Å². The van der Waals surface area contributed by atoms with Crippen LogP contribution in [0.5, 0.6) is 0 Å². The maximum Gasteiger partial charge on any atom is 0.392 e. The smallest absolute Gasteiger partial charge is 0.392 e. The van der Waals surface area contributed by atoms with Crippen molar-refractivity contribution < 1.29 is 28.5 Å². The summed E-state index contributed by atoms with van der Waals surface area (Å²) >= 11 is 0. The quantitative estimate of drug-likeness (QED) is 0.550. The van der Waals surface area contributed by atoms with Crippen LogP contribution in [-0.2, 0) is 18.9 Å². The largest absolute Gasteiger partial charge is 0.473 e. The molecule has 2 aliphatic heterocycles. The highest BCUT2D eigenvalue weighted by molar-refractivity contribution is 6.94. The summed E-state index contributed by atoms with van der Waals surface area (Å²) in [6, 6.07) is 0. The van der Waals surface area contributed by atoms with Crippen molar-refractivity contribution in [3.05, 3.63) is 0 Å². The second kappa shape index (κ2) is 7.66. The summed E-state index contributed by atoms with van der Waals surface area (Å²) in [5.74, 6) is -0.299. The molecule has 0 aromatic heterocycles. The van der Waals surface area contributed by atoms with Gasteiger partial charge in [-0.25, -0.2) is 0 Å². The lowest BCUT2D eigenvalue weighted by Gasteiger charge is -2.26. The van der Waals surface area contributed by atoms with Gasteiger partial charge in [-0.15, -0.1) is 0 Å². The van der Waals surface area contributed by atoms with E-state index in [0.29, 0.717) is 43.9 Å². The Hall–Kier alpha value is -1.08. The van der Waals surface area contributed by atoms with Crippen LogP contribution in [-0.4, -0.2) is 57.1 Å². The molecule has 3 fully saturated rings. The van der Waals surface area contributed by atoms with Crippen LogP contribution in [0.4, 0.5) is 9.59 Å². The van der Waals surface area contributed by atoms with Crippen molar-refractivity contribution in [2.45, 2.75) is 57.3 Å². The third-order valence-corrected chi connectivity index (χ3v) is 4.96. The summed E-state index contributed by atoms with van der Waals surface area (Å²) in [5, 5.41) is 0. The average Bonchev–Trinajstić information content (AvgIpc) is 3.30. The van der Waals surface area contributed by atoms with Crippen LogP contribution in [0.2, 0.25) is 0 Å². The van der Waals surface area contributed by atoms with Crippen LogP contribution in [0, 0.1) is 11.8 Å². The zero-order valence-corrected chi connectivity index (χ0v) is 13.7. The van der Waals surface area contributed by atoms with Crippen molar-refractivity contribution in [2.24, 2.45) is 11.8 Å². The van der Waals surface area contributed by atoms with Crippen molar-refractivity contribution in [1.29, 1.82) is 0 Å². The first kappa shape index (κ1) is 16.8. The molecule has 0 amide bonds. The summed E-state index contributed by atoms with van der Waals surface area (Å²) in [7, 11) is -0.298. The van der Waals surface area contributed by atoms with E-state index in [-0.39, 0.29) is 13.4 Å². The predicted molar refractivity (Wildman–Crippen MR) is 84.0 cm³/mol. The Bertz CT molecular complexity index is 422. The topological polar surface area (TPSA) is 74.4 Å². The van der Waals surface area contributed by atoms with E-state index >= 15 is 0 Å². The third kappa shape index (κ3) is 5.21. The van der Waals surface area contributed by atoms with E-state index in [2.05, 4.69) is 0 Å². The molecule has 0 aromatic rings. The standard InChI is InChI=1S/C16H25BO6/c1-10-6-12(4-5-20-10)9-22-16(19)17-15(18)21-8-11-2-3-13-14(7-11)23-13/h10-14,17H,2-9H2,1H3. The van der Waals surface area contributed by atoms with Crippen molar-refractivity contribution >= 4 is 19.0 Å². The minimum atomic E-state index is -0.497. The Labute approximate surface area is 137 Å². The van der Waals surface area contributed by atoms with E-state index in [4.69, 9.17) is 18.9 Å². The molecule has 5 unspecified atom stereocenters. The lowest BCUT2D eigenvalue weighted by atomic mass is 9.79. The van der Waals surface area contributed by atoms with Gasteiger partial charge in [-0.05, 0) is 50.9 Å². The van der Waals surface area contributed by atoms with Crippen LogP contribution < -0.4 is 0 Å². The fourth-order valence-electron chi connectivity index (χ4n) is 3.52. The highest BCUT2D eigenvalue weighted by Gasteiger charge is 2.44. The number of ether oxygens (including phenoxy) is 4. The molecule has 23 heavy (non-hydrogen) atoms. The molecule has 3 aliphatic rings. The van der Waals surface area contributed by atoms with Crippen molar-refractivity contribution in [3.63, 3.8) is 0 Å². The first-order chi connectivity index (χ1) is 11.1. The molecular formula is C16H25BO6. The van der Waals surface area contributed by atoms with Gasteiger partial charge in [0.25, 0.3) is 11.7 Å². The van der Waals surface area contributed by atoms with Gasteiger partial charge < -0.3 is 18.9 Å². The monoisotopic (exact) mass is 324 g/mol. The number of carbonyl (C=O) groups excluding carboxylic acids is 2. The minimum Gasteiger partial charge on any atom is -0.473 e. The van der Waals surface area contributed by atoms with Crippen LogP contribution in [0.25, 0.3) is 0 Å². The Balaban J connectivity index is 1.27. The summed E-state index contributed by atoms with van der Waals surface area (Å²) in [4.78, 5) is 23.4. The molecule has 7 heteroatoms. The van der Waals surface area contributed by atoms with Gasteiger partial charge in [-0.2, -0.15) is 0 Å². The van der Waals surface area contributed by atoms with E-state index in [1.165, 1.54) is 0 Å². The molecular weight excluding hydrogens is 299 g/mol. The summed E-state index contributed by atoms with van der Waals surface area (Å²) in [6.07, 6.45) is 5.87. The van der Waals surface area contributed by atoms with E-state index in [1.807, 2.05) is 6.92 Å². The summed E-state index contributed by atoms with van der Waals surface area (Å²) < 4.78 is 21.3. The molecule has 128 valence electrons. The average molecular weight is 324 g/mol. The van der Waals surface area contributed by atoms with Crippen LogP contribution in [0.15, 0.2) is 0 Å². The van der Waals surface area contributed by atoms with E-state index in [1.54, 1.807) is 0 Å². The van der Waals surface area contributed by atoms with Gasteiger partial charge in [-0.3, -0.25) is 9.59 Å². The molecule has 6 nitrogen and oxygen atoms in total. The van der Waals surface area contributed by atoms with Gasteiger partial charge >= 0.3 is 7.28 Å². The van der Waals surface area contributed by atoms with Crippen molar-refractivity contribution in [3.8, 4) is 0 Å². The number of hydrogen-bond donors (Lipinski definition) is 0. The van der Waals surface area contributed by atoms with Gasteiger partial charge in [-0.1, -0.05) is 0 Å². The van der Waals surface area contributed by atoms with Crippen LogP contribution >= 0.6 is 0 Å². The molecule has 0 bridgehead atoms. The molecule has 3 rings (SSSR count). The zero-order chi connectivity index (χ0) is 16.2. The number of rotatable bonds is 6. The Kier molecular flexibility index (Phi) is 5.59. The van der Waals surface area contributed by atoms with E-state index < -0.39 is 11.7 Å². The van der Waals surface area contributed by atoms with Gasteiger partial charge in [0.1, 0.15) is 0 Å².